The third-order valence-corrected chi connectivity index (χ3v) is 3.47. The smallest absolute Gasteiger partial charge is 0.180 e. The molecule has 1 aliphatic rings. The number of nitrogen functional groups attached to an aromatic ring is 1. The molecule has 3 nitrogen and oxygen atoms in total. The van der Waals surface area contributed by atoms with Gasteiger partial charge in [0.2, 0.25) is 0 Å². The Hall–Kier alpha value is -0.610. The maximum Gasteiger partial charge on any atom is 0.180 e. The van der Waals surface area contributed by atoms with Gasteiger partial charge < -0.3 is 10.5 Å². The SMILES string of the molecule is CC1(c2cnc(N)s2)CCOC1. The molecule has 2 heterocycles. The quantitative estimate of drug-likeness (QED) is 0.717. The van der Waals surface area contributed by atoms with Crippen LogP contribution in [0.5, 0.6) is 0 Å². The molecule has 1 aromatic heterocycles. The summed E-state index contributed by atoms with van der Waals surface area (Å²) in [5.74, 6) is 0. The summed E-state index contributed by atoms with van der Waals surface area (Å²) in [7, 11) is 0. The van der Waals surface area contributed by atoms with Crippen LogP contribution in [0, 0.1) is 0 Å². The van der Waals surface area contributed by atoms with Crippen LogP contribution in [0.3, 0.4) is 0 Å². The minimum atomic E-state index is 0.162. The van der Waals surface area contributed by atoms with Gasteiger partial charge in [-0.2, -0.15) is 0 Å². The molecule has 1 fully saturated rings. The molecule has 4 heteroatoms. The summed E-state index contributed by atoms with van der Waals surface area (Å²) < 4.78 is 5.36. The van der Waals surface area contributed by atoms with Gasteiger partial charge in [0.05, 0.1) is 6.61 Å². The van der Waals surface area contributed by atoms with Gasteiger partial charge in [-0.05, 0) is 6.42 Å². The lowest BCUT2D eigenvalue weighted by Crippen LogP contribution is -2.19. The summed E-state index contributed by atoms with van der Waals surface area (Å²) in [6.07, 6.45) is 2.95. The minimum Gasteiger partial charge on any atom is -0.380 e. The van der Waals surface area contributed by atoms with Crippen LogP contribution in [-0.4, -0.2) is 18.2 Å². The zero-order valence-corrected chi connectivity index (χ0v) is 7.86. The highest BCUT2D eigenvalue weighted by atomic mass is 32.1. The molecule has 0 aliphatic carbocycles. The van der Waals surface area contributed by atoms with Crippen molar-refractivity contribution in [2.75, 3.05) is 18.9 Å². The molecule has 1 unspecified atom stereocenters. The first kappa shape index (κ1) is 8.01. The average molecular weight is 184 g/mol. The first-order valence-corrected chi connectivity index (χ1v) is 4.82. The lowest BCUT2D eigenvalue weighted by molar-refractivity contribution is 0.181. The predicted molar refractivity (Wildman–Crippen MR) is 49.3 cm³/mol. The van der Waals surface area contributed by atoms with Crippen LogP contribution >= 0.6 is 11.3 Å². The minimum absolute atomic E-state index is 0.162. The molecule has 1 atom stereocenters. The molecule has 0 aromatic carbocycles. The first-order valence-electron chi connectivity index (χ1n) is 4.00. The fraction of sp³-hybridized carbons (Fsp3) is 0.625. The summed E-state index contributed by atoms with van der Waals surface area (Å²) in [6, 6.07) is 0. The Kier molecular flexibility index (Phi) is 1.81. The van der Waals surface area contributed by atoms with Crippen molar-refractivity contribution in [3.05, 3.63) is 11.1 Å². The molecule has 1 aromatic rings. The van der Waals surface area contributed by atoms with Crippen molar-refractivity contribution in [1.29, 1.82) is 0 Å². The number of rotatable bonds is 1. The second kappa shape index (κ2) is 2.71. The van der Waals surface area contributed by atoms with Crippen molar-refractivity contribution in [3.8, 4) is 0 Å². The fourth-order valence-corrected chi connectivity index (χ4v) is 2.27. The normalized spacial score (nSPS) is 29.4. The number of ether oxygens (including phenoxy) is 1. The van der Waals surface area contributed by atoms with Crippen molar-refractivity contribution in [2.45, 2.75) is 18.8 Å². The lowest BCUT2D eigenvalue weighted by atomic mass is 9.89. The van der Waals surface area contributed by atoms with E-state index in [2.05, 4.69) is 11.9 Å². The van der Waals surface area contributed by atoms with Crippen LogP contribution in [0.2, 0.25) is 0 Å². The Morgan fingerprint density at radius 1 is 1.75 bits per heavy atom. The largest absolute Gasteiger partial charge is 0.380 e. The number of nitrogens with zero attached hydrogens (tertiary/aromatic N) is 1. The number of anilines is 1. The number of hydrogen-bond donors (Lipinski definition) is 1. The van der Waals surface area contributed by atoms with Gasteiger partial charge in [-0.25, -0.2) is 4.98 Å². The summed E-state index contributed by atoms with van der Waals surface area (Å²) in [5.41, 5.74) is 5.73. The number of hydrogen-bond acceptors (Lipinski definition) is 4. The average Bonchev–Trinajstić information content (AvgIpc) is 2.59. The zero-order chi connectivity index (χ0) is 8.60. The molecule has 2 N–H and O–H groups in total. The molecular formula is C8H12N2OS. The van der Waals surface area contributed by atoms with Crippen molar-refractivity contribution < 1.29 is 4.74 Å². The third kappa shape index (κ3) is 1.21. The topological polar surface area (TPSA) is 48.1 Å². The van der Waals surface area contributed by atoms with Gasteiger partial charge in [0.1, 0.15) is 0 Å². The summed E-state index contributed by atoms with van der Waals surface area (Å²) in [4.78, 5) is 5.29. The van der Waals surface area contributed by atoms with Gasteiger partial charge in [0, 0.05) is 23.1 Å². The van der Waals surface area contributed by atoms with E-state index in [-0.39, 0.29) is 5.41 Å². The van der Waals surface area contributed by atoms with E-state index in [1.165, 1.54) is 4.88 Å². The maximum atomic E-state index is 5.57. The second-order valence-electron chi connectivity index (χ2n) is 3.43. The van der Waals surface area contributed by atoms with Gasteiger partial charge in [-0.1, -0.05) is 6.92 Å². The second-order valence-corrected chi connectivity index (χ2v) is 4.49. The van der Waals surface area contributed by atoms with Gasteiger partial charge in [-0.15, -0.1) is 11.3 Å². The van der Waals surface area contributed by atoms with Crippen LogP contribution in [0.4, 0.5) is 5.13 Å². The highest BCUT2D eigenvalue weighted by Gasteiger charge is 2.33. The number of nitrogens with two attached hydrogens (primary N) is 1. The van der Waals surface area contributed by atoms with Crippen molar-refractivity contribution in [2.24, 2.45) is 0 Å². The Balaban J connectivity index is 2.28. The van der Waals surface area contributed by atoms with E-state index in [1.54, 1.807) is 11.3 Å². The van der Waals surface area contributed by atoms with E-state index in [1.807, 2.05) is 6.20 Å². The molecule has 2 rings (SSSR count). The molecule has 1 saturated heterocycles. The summed E-state index contributed by atoms with van der Waals surface area (Å²) >= 11 is 1.57. The van der Waals surface area contributed by atoms with E-state index in [9.17, 15) is 0 Å². The number of thiazole rings is 1. The van der Waals surface area contributed by atoms with E-state index < -0.39 is 0 Å². The molecule has 12 heavy (non-hydrogen) atoms. The predicted octanol–water partition coefficient (Wildman–Crippen LogP) is 1.40. The molecule has 0 amide bonds. The molecular weight excluding hydrogens is 172 g/mol. The van der Waals surface area contributed by atoms with Crippen LogP contribution in [-0.2, 0) is 10.2 Å². The van der Waals surface area contributed by atoms with Gasteiger partial charge in [0.25, 0.3) is 0 Å². The first-order chi connectivity index (χ1) is 5.71. The molecule has 1 aliphatic heterocycles. The Bertz CT molecular complexity index is 278. The van der Waals surface area contributed by atoms with E-state index in [0.29, 0.717) is 5.13 Å². The van der Waals surface area contributed by atoms with Gasteiger partial charge >= 0.3 is 0 Å². The molecule has 0 radical (unpaired) electrons. The molecule has 0 bridgehead atoms. The molecule has 0 spiro atoms. The fourth-order valence-electron chi connectivity index (χ4n) is 1.43. The Morgan fingerprint density at radius 2 is 2.58 bits per heavy atom. The van der Waals surface area contributed by atoms with Crippen molar-refractivity contribution in [3.63, 3.8) is 0 Å². The summed E-state index contributed by atoms with van der Waals surface area (Å²) in [5, 5.41) is 0.651. The Morgan fingerprint density at radius 3 is 3.08 bits per heavy atom. The van der Waals surface area contributed by atoms with Crippen LogP contribution in [0.15, 0.2) is 6.20 Å². The lowest BCUT2D eigenvalue weighted by Gasteiger charge is -2.18. The van der Waals surface area contributed by atoms with E-state index >= 15 is 0 Å². The summed E-state index contributed by atoms with van der Waals surface area (Å²) in [6.45, 7) is 3.86. The highest BCUT2D eigenvalue weighted by molar-refractivity contribution is 7.15. The van der Waals surface area contributed by atoms with E-state index in [4.69, 9.17) is 10.5 Å². The van der Waals surface area contributed by atoms with Crippen molar-refractivity contribution in [1.82, 2.24) is 4.98 Å². The van der Waals surface area contributed by atoms with E-state index in [0.717, 1.165) is 19.6 Å². The monoisotopic (exact) mass is 184 g/mol. The van der Waals surface area contributed by atoms with Crippen LogP contribution in [0.1, 0.15) is 18.2 Å². The third-order valence-electron chi connectivity index (χ3n) is 2.34. The zero-order valence-electron chi connectivity index (χ0n) is 7.04. The standard InChI is InChI=1S/C8H12N2OS/c1-8(2-3-11-5-8)6-4-10-7(9)12-6/h4H,2-3,5H2,1H3,(H2,9,10). The van der Waals surface area contributed by atoms with Crippen molar-refractivity contribution >= 4 is 16.5 Å². The van der Waals surface area contributed by atoms with Crippen LogP contribution < -0.4 is 5.73 Å². The van der Waals surface area contributed by atoms with Gasteiger partial charge in [0.15, 0.2) is 5.13 Å². The Labute approximate surface area is 75.6 Å². The number of aromatic nitrogens is 1. The highest BCUT2D eigenvalue weighted by Crippen LogP contribution is 2.36. The maximum absolute atomic E-state index is 5.57. The molecule has 0 saturated carbocycles. The van der Waals surface area contributed by atoms with Crippen LogP contribution in [0.25, 0.3) is 0 Å². The molecule has 66 valence electrons. The van der Waals surface area contributed by atoms with Gasteiger partial charge in [-0.3, -0.25) is 0 Å².